The quantitative estimate of drug-likeness (QED) is 0.870. The van der Waals surface area contributed by atoms with Gasteiger partial charge in [-0.15, -0.1) is 0 Å². The van der Waals surface area contributed by atoms with E-state index >= 15 is 0 Å². The minimum Gasteiger partial charge on any atom is -0.321 e. The summed E-state index contributed by atoms with van der Waals surface area (Å²) in [5.74, 6) is 0.899. The van der Waals surface area contributed by atoms with Crippen molar-refractivity contribution in [2.45, 2.75) is 25.8 Å². The van der Waals surface area contributed by atoms with Crippen molar-refractivity contribution in [3.05, 3.63) is 47.5 Å². The fourth-order valence-electron chi connectivity index (χ4n) is 1.85. The largest absolute Gasteiger partial charge is 0.321 e. The number of rotatable bonds is 3. The lowest BCUT2D eigenvalue weighted by molar-refractivity contribution is 0.465. The molecule has 2 rings (SSSR count). The third kappa shape index (κ3) is 2.53. The summed E-state index contributed by atoms with van der Waals surface area (Å²) in [5, 5.41) is 4.06. The number of benzene rings is 1. The average molecular weight is 230 g/mol. The van der Waals surface area contributed by atoms with Crippen LogP contribution in [-0.2, 0) is 19.0 Å². The Morgan fingerprint density at radius 3 is 2.47 bits per heavy atom. The molecule has 0 radical (unpaired) electrons. The third-order valence-corrected chi connectivity index (χ3v) is 3.04. The van der Waals surface area contributed by atoms with Crippen LogP contribution in [0.25, 0.3) is 0 Å². The summed E-state index contributed by atoms with van der Waals surface area (Å²) < 4.78 is 1.76. The van der Waals surface area contributed by atoms with E-state index in [0.29, 0.717) is 6.42 Å². The minimum absolute atomic E-state index is 0.422. The Morgan fingerprint density at radius 1 is 1.29 bits per heavy atom. The SMILES string of the molecule is Cc1ccc(C(C)(N)Cc2ncnn2C)cc1. The molecule has 0 saturated heterocycles. The highest BCUT2D eigenvalue weighted by Gasteiger charge is 2.23. The lowest BCUT2D eigenvalue weighted by Gasteiger charge is -2.24. The van der Waals surface area contributed by atoms with Crippen molar-refractivity contribution in [3.8, 4) is 0 Å². The van der Waals surface area contributed by atoms with Crippen LogP contribution >= 0.6 is 0 Å². The molecule has 1 aromatic carbocycles. The number of hydrogen-bond donors (Lipinski definition) is 1. The molecular formula is C13H18N4. The van der Waals surface area contributed by atoms with Gasteiger partial charge < -0.3 is 5.73 Å². The standard InChI is InChI=1S/C13H18N4/c1-10-4-6-11(7-5-10)13(2,14)8-12-15-9-16-17(12)3/h4-7,9H,8,14H2,1-3H3. The Bertz CT molecular complexity index is 496. The third-order valence-electron chi connectivity index (χ3n) is 3.04. The predicted molar refractivity (Wildman–Crippen MR) is 67.4 cm³/mol. The monoisotopic (exact) mass is 230 g/mol. The molecule has 4 nitrogen and oxygen atoms in total. The van der Waals surface area contributed by atoms with E-state index in [2.05, 4.69) is 41.3 Å². The summed E-state index contributed by atoms with van der Waals surface area (Å²) in [7, 11) is 1.88. The van der Waals surface area contributed by atoms with Gasteiger partial charge in [0.15, 0.2) is 0 Å². The highest BCUT2D eigenvalue weighted by atomic mass is 15.3. The zero-order valence-corrected chi connectivity index (χ0v) is 10.5. The van der Waals surface area contributed by atoms with Crippen LogP contribution in [0.1, 0.15) is 23.9 Å². The number of aryl methyl sites for hydroxylation is 2. The van der Waals surface area contributed by atoms with Gasteiger partial charge in [-0.3, -0.25) is 4.68 Å². The van der Waals surface area contributed by atoms with Gasteiger partial charge in [0.05, 0.1) is 0 Å². The Morgan fingerprint density at radius 2 is 1.94 bits per heavy atom. The van der Waals surface area contributed by atoms with Gasteiger partial charge in [-0.1, -0.05) is 29.8 Å². The summed E-state index contributed by atoms with van der Waals surface area (Å²) >= 11 is 0. The normalized spacial score (nSPS) is 14.6. The molecule has 4 heteroatoms. The highest BCUT2D eigenvalue weighted by Crippen LogP contribution is 2.21. The van der Waals surface area contributed by atoms with Gasteiger partial charge in [0, 0.05) is 19.0 Å². The van der Waals surface area contributed by atoms with Crippen molar-refractivity contribution < 1.29 is 0 Å². The van der Waals surface area contributed by atoms with Crippen molar-refractivity contribution in [1.29, 1.82) is 0 Å². The number of nitrogens with two attached hydrogens (primary N) is 1. The van der Waals surface area contributed by atoms with Gasteiger partial charge in [0.1, 0.15) is 12.2 Å². The fraction of sp³-hybridized carbons (Fsp3) is 0.385. The zero-order valence-electron chi connectivity index (χ0n) is 10.5. The zero-order chi connectivity index (χ0) is 12.5. The topological polar surface area (TPSA) is 56.7 Å². The van der Waals surface area contributed by atoms with Gasteiger partial charge in [-0.05, 0) is 19.4 Å². The van der Waals surface area contributed by atoms with Crippen LogP contribution < -0.4 is 5.73 Å². The number of aromatic nitrogens is 3. The second kappa shape index (κ2) is 4.30. The van der Waals surface area contributed by atoms with E-state index in [1.54, 1.807) is 11.0 Å². The maximum absolute atomic E-state index is 6.37. The van der Waals surface area contributed by atoms with E-state index in [0.717, 1.165) is 11.4 Å². The molecule has 1 atom stereocenters. The first-order valence-electron chi connectivity index (χ1n) is 5.68. The molecule has 1 unspecified atom stereocenters. The average Bonchev–Trinajstić information content (AvgIpc) is 2.64. The van der Waals surface area contributed by atoms with Crippen LogP contribution in [-0.4, -0.2) is 14.8 Å². The molecule has 0 aliphatic rings. The Labute approximate surface area is 101 Å². The van der Waals surface area contributed by atoms with Crippen LogP contribution in [0, 0.1) is 6.92 Å². The molecule has 17 heavy (non-hydrogen) atoms. The molecule has 0 amide bonds. The summed E-state index contributed by atoms with van der Waals surface area (Å²) in [5.41, 5.74) is 8.30. The van der Waals surface area contributed by atoms with Crippen molar-refractivity contribution >= 4 is 0 Å². The summed E-state index contributed by atoms with van der Waals surface area (Å²) in [4.78, 5) is 4.22. The first kappa shape index (κ1) is 11.8. The lowest BCUT2D eigenvalue weighted by Crippen LogP contribution is -2.36. The van der Waals surface area contributed by atoms with Crippen molar-refractivity contribution in [2.75, 3.05) is 0 Å². The number of nitrogens with zero attached hydrogens (tertiary/aromatic N) is 3. The Hall–Kier alpha value is -1.68. The van der Waals surface area contributed by atoms with E-state index in [1.165, 1.54) is 5.56 Å². The first-order chi connectivity index (χ1) is 7.99. The Balaban J connectivity index is 2.24. The van der Waals surface area contributed by atoms with Gasteiger partial charge in [-0.2, -0.15) is 5.10 Å². The van der Waals surface area contributed by atoms with E-state index in [4.69, 9.17) is 5.73 Å². The molecular weight excluding hydrogens is 212 g/mol. The van der Waals surface area contributed by atoms with E-state index < -0.39 is 5.54 Å². The number of hydrogen-bond acceptors (Lipinski definition) is 3. The van der Waals surface area contributed by atoms with Crippen LogP contribution in [0.15, 0.2) is 30.6 Å². The molecule has 1 heterocycles. The summed E-state index contributed by atoms with van der Waals surface area (Å²) in [6, 6.07) is 8.31. The van der Waals surface area contributed by atoms with Gasteiger partial charge in [0.2, 0.25) is 0 Å². The minimum atomic E-state index is -0.422. The highest BCUT2D eigenvalue weighted by molar-refractivity contribution is 5.28. The second-order valence-electron chi connectivity index (χ2n) is 4.76. The maximum atomic E-state index is 6.37. The van der Waals surface area contributed by atoms with Crippen molar-refractivity contribution in [2.24, 2.45) is 12.8 Å². The smallest absolute Gasteiger partial charge is 0.138 e. The molecule has 2 N–H and O–H groups in total. The first-order valence-corrected chi connectivity index (χ1v) is 5.68. The van der Waals surface area contributed by atoms with Gasteiger partial charge >= 0.3 is 0 Å². The molecule has 0 saturated carbocycles. The van der Waals surface area contributed by atoms with E-state index in [-0.39, 0.29) is 0 Å². The van der Waals surface area contributed by atoms with Crippen LogP contribution in [0.2, 0.25) is 0 Å². The maximum Gasteiger partial charge on any atom is 0.138 e. The van der Waals surface area contributed by atoms with Crippen LogP contribution in [0.4, 0.5) is 0 Å². The predicted octanol–water partition coefficient (Wildman–Crippen LogP) is 1.54. The summed E-state index contributed by atoms with van der Waals surface area (Å²) in [6.45, 7) is 4.09. The second-order valence-corrected chi connectivity index (χ2v) is 4.76. The van der Waals surface area contributed by atoms with Crippen molar-refractivity contribution in [1.82, 2.24) is 14.8 Å². The Kier molecular flexibility index (Phi) is 2.98. The molecule has 1 aromatic heterocycles. The molecule has 0 fully saturated rings. The molecule has 2 aromatic rings. The molecule has 0 spiro atoms. The molecule has 0 aliphatic heterocycles. The summed E-state index contributed by atoms with van der Waals surface area (Å²) in [6.07, 6.45) is 2.23. The molecule has 0 bridgehead atoms. The van der Waals surface area contributed by atoms with Crippen molar-refractivity contribution in [3.63, 3.8) is 0 Å². The van der Waals surface area contributed by atoms with Crippen LogP contribution in [0.5, 0.6) is 0 Å². The van der Waals surface area contributed by atoms with Crippen LogP contribution in [0.3, 0.4) is 0 Å². The molecule has 0 aliphatic carbocycles. The molecule has 90 valence electrons. The van der Waals surface area contributed by atoms with E-state index in [1.807, 2.05) is 14.0 Å². The lowest BCUT2D eigenvalue weighted by atomic mass is 9.89. The van der Waals surface area contributed by atoms with E-state index in [9.17, 15) is 0 Å². The van der Waals surface area contributed by atoms with Gasteiger partial charge in [-0.25, -0.2) is 4.98 Å². The fourth-order valence-corrected chi connectivity index (χ4v) is 1.85. The van der Waals surface area contributed by atoms with Gasteiger partial charge in [0.25, 0.3) is 0 Å².